The van der Waals surface area contributed by atoms with E-state index < -0.39 is 12.2 Å². The second-order valence-corrected chi connectivity index (χ2v) is 10.5. The summed E-state index contributed by atoms with van der Waals surface area (Å²) in [6, 6.07) is 0. The Hall–Kier alpha value is -1.39. The minimum Gasteiger partial charge on any atom is -0.393 e. The first-order valence-corrected chi connectivity index (χ1v) is 11.8. The second-order valence-electron chi connectivity index (χ2n) is 10.5. The summed E-state index contributed by atoms with van der Waals surface area (Å²) in [6.45, 7) is 8.87. The molecule has 0 aromatic rings. The Morgan fingerprint density at radius 1 is 1.30 bits per heavy atom. The minimum absolute atomic E-state index is 0.231. The van der Waals surface area contributed by atoms with Gasteiger partial charge in [-0.05, 0) is 79.3 Å². The highest BCUT2D eigenvalue weighted by molar-refractivity contribution is 5.75. The van der Waals surface area contributed by atoms with Gasteiger partial charge < -0.3 is 15.1 Å². The Bertz CT molecular complexity index is 722. The van der Waals surface area contributed by atoms with Crippen molar-refractivity contribution in [2.24, 2.45) is 23.2 Å². The molecule has 0 saturated heterocycles. The maximum Gasteiger partial charge on any atom is 0.222 e. The third-order valence-corrected chi connectivity index (χ3v) is 8.30. The monoisotopic (exact) mass is 415 g/mol. The molecule has 30 heavy (non-hydrogen) atoms. The maximum atomic E-state index is 12.1. The highest BCUT2D eigenvalue weighted by Crippen LogP contribution is 2.59. The Morgan fingerprint density at radius 2 is 2.03 bits per heavy atom. The van der Waals surface area contributed by atoms with Crippen LogP contribution in [0.1, 0.15) is 71.6 Å². The summed E-state index contributed by atoms with van der Waals surface area (Å²) in [6.07, 6.45) is 12.0. The number of carbonyl (C=O) groups is 1. The molecule has 168 valence electrons. The first kappa shape index (κ1) is 23.3. The topological polar surface area (TPSA) is 60.8 Å². The van der Waals surface area contributed by atoms with Gasteiger partial charge in [-0.15, -0.1) is 0 Å². The fourth-order valence-corrected chi connectivity index (χ4v) is 6.46. The van der Waals surface area contributed by atoms with Crippen LogP contribution < -0.4 is 0 Å². The molecule has 2 N–H and O–H groups in total. The van der Waals surface area contributed by atoms with Crippen LogP contribution in [0.3, 0.4) is 0 Å². The van der Waals surface area contributed by atoms with E-state index in [2.05, 4.69) is 32.6 Å². The molecule has 3 aliphatic rings. The lowest BCUT2D eigenvalue weighted by atomic mass is 9.60. The Morgan fingerprint density at radius 3 is 2.73 bits per heavy atom. The van der Waals surface area contributed by atoms with Crippen LogP contribution >= 0.6 is 0 Å². The molecule has 4 heteroatoms. The molecule has 1 amide bonds. The van der Waals surface area contributed by atoms with Crippen LogP contribution in [-0.4, -0.2) is 47.3 Å². The number of allylic oxidation sites excluding steroid dienone is 3. The van der Waals surface area contributed by atoms with Gasteiger partial charge in [0.15, 0.2) is 0 Å². The van der Waals surface area contributed by atoms with Crippen LogP contribution in [0.5, 0.6) is 0 Å². The van der Waals surface area contributed by atoms with E-state index in [1.807, 2.05) is 14.1 Å². The van der Waals surface area contributed by atoms with Crippen LogP contribution in [0.15, 0.2) is 35.5 Å². The van der Waals surface area contributed by atoms with E-state index in [1.165, 1.54) is 31.3 Å². The number of carbonyl (C=O) groups excluding carboxylic acids is 1. The van der Waals surface area contributed by atoms with Gasteiger partial charge in [0.05, 0.1) is 12.2 Å². The number of hydrogen-bond acceptors (Lipinski definition) is 3. The fraction of sp³-hybridized carbons (Fsp3) is 0.731. The van der Waals surface area contributed by atoms with Crippen molar-refractivity contribution >= 4 is 5.91 Å². The Kier molecular flexibility index (Phi) is 7.29. The maximum absolute atomic E-state index is 12.1. The van der Waals surface area contributed by atoms with Gasteiger partial charge in [0, 0.05) is 26.9 Å². The normalized spacial score (nSPS) is 38.0. The molecular formula is C26H41NO3. The predicted molar refractivity (Wildman–Crippen MR) is 122 cm³/mol. The van der Waals surface area contributed by atoms with Gasteiger partial charge in [-0.1, -0.05) is 38.2 Å². The molecule has 3 rings (SSSR count). The standard InChI is InChI=1S/C26H41NO3/c1-17(8-13-25(30)27(4)5)22-11-12-23-19(7-6-14-26(22,23)3)9-10-20-15-21(28)16-24(29)18(20)2/h9-10,17,21-24,28-29H,2,6-8,11-16H2,1,3-5H3/t17-,21?,22-,23+,24?,26-/m1/s1. The van der Waals surface area contributed by atoms with Crippen molar-refractivity contribution in [1.29, 1.82) is 0 Å². The molecule has 6 atom stereocenters. The van der Waals surface area contributed by atoms with Crippen molar-refractivity contribution in [2.75, 3.05) is 14.1 Å². The Labute approximate surface area is 182 Å². The molecule has 0 radical (unpaired) electrons. The van der Waals surface area contributed by atoms with E-state index in [1.54, 1.807) is 4.90 Å². The summed E-state index contributed by atoms with van der Waals surface area (Å²) in [5.41, 5.74) is 3.59. The zero-order chi connectivity index (χ0) is 22.1. The van der Waals surface area contributed by atoms with Gasteiger partial charge in [0.2, 0.25) is 5.91 Å². The quantitative estimate of drug-likeness (QED) is 0.688. The highest BCUT2D eigenvalue weighted by Gasteiger charge is 2.50. The van der Waals surface area contributed by atoms with E-state index in [9.17, 15) is 15.0 Å². The van der Waals surface area contributed by atoms with E-state index >= 15 is 0 Å². The number of aliphatic hydroxyl groups is 2. The molecule has 4 nitrogen and oxygen atoms in total. The predicted octanol–water partition coefficient (Wildman–Crippen LogP) is 4.63. The molecule has 0 heterocycles. The third-order valence-electron chi connectivity index (χ3n) is 8.30. The molecule has 3 saturated carbocycles. The average molecular weight is 416 g/mol. The van der Waals surface area contributed by atoms with Gasteiger partial charge in [-0.3, -0.25) is 4.79 Å². The van der Waals surface area contributed by atoms with E-state index in [4.69, 9.17) is 0 Å². The summed E-state index contributed by atoms with van der Waals surface area (Å²) >= 11 is 0. The molecule has 0 aromatic carbocycles. The molecular weight excluding hydrogens is 374 g/mol. The number of fused-ring (bicyclic) bond motifs is 1. The number of hydrogen-bond donors (Lipinski definition) is 2. The van der Waals surface area contributed by atoms with E-state index in [0.717, 1.165) is 24.0 Å². The lowest BCUT2D eigenvalue weighted by molar-refractivity contribution is -0.129. The average Bonchev–Trinajstić information content (AvgIpc) is 3.04. The smallest absolute Gasteiger partial charge is 0.222 e. The molecule has 0 spiro atoms. The summed E-state index contributed by atoms with van der Waals surface area (Å²) in [5.74, 6) is 2.06. The third kappa shape index (κ3) is 4.75. The lowest BCUT2D eigenvalue weighted by Crippen LogP contribution is -2.36. The largest absolute Gasteiger partial charge is 0.393 e. The van der Waals surface area contributed by atoms with Crippen molar-refractivity contribution in [3.05, 3.63) is 35.5 Å². The van der Waals surface area contributed by atoms with Crippen molar-refractivity contribution in [3.63, 3.8) is 0 Å². The molecule has 2 unspecified atom stereocenters. The van der Waals surface area contributed by atoms with Gasteiger partial charge in [-0.2, -0.15) is 0 Å². The first-order chi connectivity index (χ1) is 14.1. The van der Waals surface area contributed by atoms with Crippen LogP contribution in [0, 0.1) is 23.2 Å². The fourth-order valence-electron chi connectivity index (χ4n) is 6.46. The summed E-state index contributed by atoms with van der Waals surface area (Å²) in [7, 11) is 3.68. The van der Waals surface area contributed by atoms with Crippen LogP contribution in [-0.2, 0) is 4.79 Å². The van der Waals surface area contributed by atoms with E-state index in [-0.39, 0.29) is 5.91 Å². The number of nitrogens with zero attached hydrogens (tertiary/aromatic N) is 1. The SMILES string of the molecule is C=C1C(=CC=C2CCC[C@]3(C)[C@@H]([C@H](C)CCC(=O)N(C)C)CC[C@@H]23)CC(O)CC1O. The van der Waals surface area contributed by atoms with Crippen molar-refractivity contribution in [1.82, 2.24) is 4.90 Å². The lowest BCUT2D eigenvalue weighted by Gasteiger charge is -2.44. The Balaban J connectivity index is 1.72. The summed E-state index contributed by atoms with van der Waals surface area (Å²) < 4.78 is 0. The highest BCUT2D eigenvalue weighted by atomic mass is 16.3. The van der Waals surface area contributed by atoms with Gasteiger partial charge in [-0.25, -0.2) is 0 Å². The minimum atomic E-state index is -0.628. The summed E-state index contributed by atoms with van der Waals surface area (Å²) in [4.78, 5) is 13.8. The van der Waals surface area contributed by atoms with Gasteiger partial charge >= 0.3 is 0 Å². The molecule has 3 aliphatic carbocycles. The van der Waals surface area contributed by atoms with Crippen molar-refractivity contribution in [3.8, 4) is 0 Å². The molecule has 3 fully saturated rings. The first-order valence-electron chi connectivity index (χ1n) is 11.8. The zero-order valence-electron chi connectivity index (χ0n) is 19.4. The van der Waals surface area contributed by atoms with Crippen LogP contribution in [0.25, 0.3) is 0 Å². The van der Waals surface area contributed by atoms with Crippen molar-refractivity contribution in [2.45, 2.75) is 83.8 Å². The van der Waals surface area contributed by atoms with Gasteiger partial charge in [0.1, 0.15) is 0 Å². The van der Waals surface area contributed by atoms with Crippen LogP contribution in [0.2, 0.25) is 0 Å². The number of aliphatic hydroxyl groups excluding tert-OH is 2. The van der Waals surface area contributed by atoms with Crippen LogP contribution in [0.4, 0.5) is 0 Å². The molecule has 0 aromatic heterocycles. The number of rotatable bonds is 5. The molecule has 0 bridgehead atoms. The summed E-state index contributed by atoms with van der Waals surface area (Å²) in [5, 5.41) is 20.1. The molecule has 0 aliphatic heterocycles. The van der Waals surface area contributed by atoms with Crippen molar-refractivity contribution < 1.29 is 15.0 Å². The number of amides is 1. The second kappa shape index (κ2) is 9.40. The van der Waals surface area contributed by atoms with Gasteiger partial charge in [0.25, 0.3) is 0 Å². The zero-order valence-corrected chi connectivity index (χ0v) is 19.4. The van der Waals surface area contributed by atoms with E-state index in [0.29, 0.717) is 42.4 Å².